The zero-order chi connectivity index (χ0) is 37.3. The summed E-state index contributed by atoms with van der Waals surface area (Å²) in [6, 6.07) is 67.1. The normalized spacial score (nSPS) is 12.9. The molecule has 1 heterocycles. The molecule has 55 heavy (non-hydrogen) atoms. The largest absolute Gasteiger partial charge is 0.310 e. The molecule has 0 amide bonds. The first-order valence-corrected chi connectivity index (χ1v) is 19.3. The van der Waals surface area contributed by atoms with Crippen molar-refractivity contribution in [2.24, 2.45) is 0 Å². The summed E-state index contributed by atoms with van der Waals surface area (Å²) in [6.45, 7) is 9.09. The van der Waals surface area contributed by atoms with E-state index in [0.29, 0.717) is 0 Å². The summed E-state index contributed by atoms with van der Waals surface area (Å²) >= 11 is 0. The molecule has 1 aliphatic rings. The van der Waals surface area contributed by atoms with Crippen LogP contribution >= 0.6 is 0 Å². The Balaban J connectivity index is 1.01. The number of aromatic nitrogens is 1. The first-order chi connectivity index (χ1) is 26.8. The van der Waals surface area contributed by atoms with E-state index in [0.717, 1.165) is 17.1 Å². The van der Waals surface area contributed by atoms with E-state index in [1.807, 2.05) is 0 Å². The number of aryl methyl sites for hydroxylation is 2. The van der Waals surface area contributed by atoms with Gasteiger partial charge >= 0.3 is 0 Å². The molecule has 9 aromatic rings. The average molecular weight is 707 g/mol. The number of anilines is 3. The maximum atomic E-state index is 2.43. The van der Waals surface area contributed by atoms with E-state index in [1.54, 1.807) is 0 Å². The van der Waals surface area contributed by atoms with Crippen LogP contribution in [0.25, 0.3) is 60.9 Å². The van der Waals surface area contributed by atoms with Gasteiger partial charge in [0.05, 0.1) is 11.0 Å². The molecule has 0 saturated carbocycles. The number of nitrogens with zero attached hydrogens (tertiary/aromatic N) is 2. The van der Waals surface area contributed by atoms with Crippen LogP contribution in [0.15, 0.2) is 182 Å². The SMILES string of the molecule is Cc1cc(C)cc(-c2ccc(-c3ccc(N(c4ccccc4)c4ccc5c(c4)C(C)(C)c4cc(-n6c7ccccc7c7ccccc76)ccc4-5)cc3)cc2)c1. The molecule has 0 spiro atoms. The van der Waals surface area contributed by atoms with Gasteiger partial charge in [-0.25, -0.2) is 0 Å². The fourth-order valence-electron chi connectivity index (χ4n) is 9.02. The second-order valence-electron chi connectivity index (χ2n) is 15.6. The molecule has 0 N–H and O–H groups in total. The van der Waals surface area contributed by atoms with Gasteiger partial charge in [-0.1, -0.05) is 146 Å². The van der Waals surface area contributed by atoms with Gasteiger partial charge in [0.2, 0.25) is 0 Å². The van der Waals surface area contributed by atoms with Crippen molar-refractivity contribution in [1.29, 1.82) is 0 Å². The summed E-state index contributed by atoms with van der Waals surface area (Å²) in [5, 5.41) is 2.57. The fraction of sp³-hybridized carbons (Fsp3) is 0.0943. The first-order valence-electron chi connectivity index (χ1n) is 19.3. The molecule has 0 radical (unpaired) electrons. The maximum Gasteiger partial charge on any atom is 0.0541 e. The van der Waals surface area contributed by atoms with Crippen molar-refractivity contribution >= 4 is 38.9 Å². The summed E-state index contributed by atoms with van der Waals surface area (Å²) in [4.78, 5) is 2.38. The van der Waals surface area contributed by atoms with Crippen LogP contribution in [0.2, 0.25) is 0 Å². The Bertz CT molecular complexity index is 2820. The summed E-state index contributed by atoms with van der Waals surface area (Å²) in [6.07, 6.45) is 0. The van der Waals surface area contributed by atoms with Crippen LogP contribution in [0.1, 0.15) is 36.1 Å². The van der Waals surface area contributed by atoms with Crippen molar-refractivity contribution in [3.8, 4) is 39.1 Å². The maximum absolute atomic E-state index is 2.43. The van der Waals surface area contributed by atoms with Gasteiger partial charge in [0.15, 0.2) is 0 Å². The predicted molar refractivity (Wildman–Crippen MR) is 233 cm³/mol. The number of fused-ring (bicyclic) bond motifs is 6. The van der Waals surface area contributed by atoms with E-state index in [2.05, 4.69) is 219 Å². The number of hydrogen-bond acceptors (Lipinski definition) is 1. The van der Waals surface area contributed by atoms with E-state index in [1.165, 1.54) is 83.1 Å². The first kappa shape index (κ1) is 33.0. The Labute approximate surface area is 323 Å². The van der Waals surface area contributed by atoms with Crippen molar-refractivity contribution in [2.75, 3.05) is 4.90 Å². The third-order valence-corrected chi connectivity index (χ3v) is 11.7. The third-order valence-electron chi connectivity index (χ3n) is 11.7. The van der Waals surface area contributed by atoms with Gasteiger partial charge in [-0.2, -0.15) is 0 Å². The average Bonchev–Trinajstić information content (AvgIpc) is 3.66. The third kappa shape index (κ3) is 5.48. The Morgan fingerprint density at radius 3 is 1.49 bits per heavy atom. The van der Waals surface area contributed by atoms with Crippen molar-refractivity contribution in [3.63, 3.8) is 0 Å². The van der Waals surface area contributed by atoms with Crippen LogP contribution < -0.4 is 4.90 Å². The minimum Gasteiger partial charge on any atom is -0.310 e. The van der Waals surface area contributed by atoms with E-state index < -0.39 is 0 Å². The molecule has 0 unspecified atom stereocenters. The standard InChI is InChI=1S/C53H42N2/c1-35-30-36(2)32-40(31-35)39-20-18-37(19-21-39)38-22-24-42(25-23-38)54(41-12-6-5-7-13-41)43-26-28-45-46-29-27-44(34-50(46)53(3,4)49(45)33-43)55-51-16-10-8-14-47(51)48-15-9-11-17-52(48)55/h5-34H,1-4H3. The van der Waals surface area contributed by atoms with Gasteiger partial charge in [-0.15, -0.1) is 0 Å². The highest BCUT2D eigenvalue weighted by Crippen LogP contribution is 2.51. The van der Waals surface area contributed by atoms with Crippen LogP contribution in [-0.2, 0) is 5.41 Å². The highest BCUT2D eigenvalue weighted by Gasteiger charge is 2.36. The molecule has 0 saturated heterocycles. The molecular formula is C53H42N2. The van der Waals surface area contributed by atoms with Crippen molar-refractivity contribution in [1.82, 2.24) is 4.57 Å². The molecule has 1 aliphatic carbocycles. The minimum atomic E-state index is -0.190. The molecule has 264 valence electrons. The number of hydrogen-bond donors (Lipinski definition) is 0. The Kier molecular flexibility index (Phi) is 7.64. The van der Waals surface area contributed by atoms with Crippen molar-refractivity contribution in [2.45, 2.75) is 33.1 Å². The van der Waals surface area contributed by atoms with Gasteiger partial charge in [0, 0.05) is 38.9 Å². The topological polar surface area (TPSA) is 8.17 Å². The van der Waals surface area contributed by atoms with E-state index in [-0.39, 0.29) is 5.41 Å². The molecule has 2 nitrogen and oxygen atoms in total. The predicted octanol–water partition coefficient (Wildman–Crippen LogP) is 14.5. The lowest BCUT2D eigenvalue weighted by molar-refractivity contribution is 0.660. The van der Waals surface area contributed by atoms with Gasteiger partial charge in [0.25, 0.3) is 0 Å². The van der Waals surface area contributed by atoms with Crippen LogP contribution in [0.5, 0.6) is 0 Å². The minimum absolute atomic E-state index is 0.190. The summed E-state index contributed by atoms with van der Waals surface area (Å²) in [5.41, 5.74) is 19.7. The van der Waals surface area contributed by atoms with E-state index in [9.17, 15) is 0 Å². The lowest BCUT2D eigenvalue weighted by Crippen LogP contribution is -2.17. The molecule has 8 aromatic carbocycles. The molecule has 1 aromatic heterocycles. The molecule has 10 rings (SSSR count). The van der Waals surface area contributed by atoms with Crippen LogP contribution in [0, 0.1) is 13.8 Å². The van der Waals surface area contributed by atoms with Crippen LogP contribution in [0.4, 0.5) is 17.1 Å². The highest BCUT2D eigenvalue weighted by atomic mass is 15.1. The molecule has 0 atom stereocenters. The molecule has 0 bridgehead atoms. The molecule has 0 aliphatic heterocycles. The summed E-state index contributed by atoms with van der Waals surface area (Å²) < 4.78 is 2.43. The van der Waals surface area contributed by atoms with Gasteiger partial charge in [-0.3, -0.25) is 0 Å². The smallest absolute Gasteiger partial charge is 0.0541 e. The summed E-state index contributed by atoms with van der Waals surface area (Å²) in [7, 11) is 0. The monoisotopic (exact) mass is 706 g/mol. The van der Waals surface area contributed by atoms with Gasteiger partial charge in [-0.05, 0) is 119 Å². The van der Waals surface area contributed by atoms with Gasteiger partial charge in [0.1, 0.15) is 0 Å². The number of para-hydroxylation sites is 3. The Morgan fingerprint density at radius 1 is 0.400 bits per heavy atom. The zero-order valence-corrected chi connectivity index (χ0v) is 31.7. The fourth-order valence-corrected chi connectivity index (χ4v) is 9.02. The van der Waals surface area contributed by atoms with Crippen LogP contribution in [0.3, 0.4) is 0 Å². The second kappa shape index (κ2) is 12.7. The zero-order valence-electron chi connectivity index (χ0n) is 31.7. The van der Waals surface area contributed by atoms with Crippen molar-refractivity contribution < 1.29 is 0 Å². The second-order valence-corrected chi connectivity index (χ2v) is 15.6. The molecule has 2 heteroatoms. The van der Waals surface area contributed by atoms with Gasteiger partial charge < -0.3 is 9.47 Å². The lowest BCUT2D eigenvalue weighted by atomic mass is 9.82. The number of benzene rings is 8. The molecular weight excluding hydrogens is 665 g/mol. The lowest BCUT2D eigenvalue weighted by Gasteiger charge is -2.28. The quantitative estimate of drug-likeness (QED) is 0.167. The Morgan fingerprint density at radius 2 is 0.873 bits per heavy atom. The van der Waals surface area contributed by atoms with Crippen molar-refractivity contribution in [3.05, 3.63) is 204 Å². The number of rotatable bonds is 6. The summed E-state index contributed by atoms with van der Waals surface area (Å²) in [5.74, 6) is 0. The Hall–Kier alpha value is -6.64. The van der Waals surface area contributed by atoms with E-state index >= 15 is 0 Å². The highest BCUT2D eigenvalue weighted by molar-refractivity contribution is 6.09. The molecule has 0 fully saturated rings. The van der Waals surface area contributed by atoms with Crippen LogP contribution in [-0.4, -0.2) is 4.57 Å². The van der Waals surface area contributed by atoms with E-state index in [4.69, 9.17) is 0 Å².